The number of nitrogens with zero attached hydrogens (tertiary/aromatic N) is 4. The van der Waals surface area contributed by atoms with Gasteiger partial charge in [-0.2, -0.15) is 18.2 Å². The molecule has 3 aromatic heterocycles. The molecule has 184 valence electrons. The highest BCUT2D eigenvalue weighted by Crippen LogP contribution is 2.42. The van der Waals surface area contributed by atoms with Crippen LogP contribution in [0.5, 0.6) is 5.75 Å². The number of alkyl halides is 3. The van der Waals surface area contributed by atoms with Crippen LogP contribution in [-0.2, 0) is 11.3 Å². The van der Waals surface area contributed by atoms with Crippen LogP contribution >= 0.6 is 11.6 Å². The number of ether oxygens (including phenoxy) is 1. The van der Waals surface area contributed by atoms with Gasteiger partial charge in [0.2, 0.25) is 5.95 Å². The van der Waals surface area contributed by atoms with E-state index in [0.29, 0.717) is 11.4 Å². The number of rotatable bonds is 5. The summed E-state index contributed by atoms with van der Waals surface area (Å²) in [7, 11) is 1.53. The minimum Gasteiger partial charge on any atom is -0.496 e. The van der Waals surface area contributed by atoms with Gasteiger partial charge in [-0.1, -0.05) is 11.6 Å². The van der Waals surface area contributed by atoms with E-state index in [9.17, 15) is 23.1 Å². The molecule has 1 aliphatic rings. The van der Waals surface area contributed by atoms with Crippen LogP contribution in [0.4, 0.5) is 24.9 Å². The van der Waals surface area contributed by atoms with E-state index in [0.717, 1.165) is 17.2 Å². The molecule has 0 bridgehead atoms. The first-order valence-corrected chi connectivity index (χ1v) is 10.6. The zero-order valence-corrected chi connectivity index (χ0v) is 19.5. The lowest BCUT2D eigenvalue weighted by Gasteiger charge is -2.19. The van der Waals surface area contributed by atoms with Crippen molar-refractivity contribution < 1.29 is 27.8 Å². The molecule has 4 heterocycles. The molecule has 0 aliphatic carbocycles. The van der Waals surface area contributed by atoms with Gasteiger partial charge in [-0.3, -0.25) is 14.7 Å². The molecule has 0 radical (unpaired) electrons. The molecule has 0 saturated carbocycles. The lowest BCUT2D eigenvalue weighted by atomic mass is 10.1. The Bertz CT molecular complexity index is 1350. The number of nitrogen functional groups attached to an aromatic ring is 1. The first-order chi connectivity index (χ1) is 16.4. The topological polar surface area (TPSA) is 130 Å². The number of carbonyl (C=O) groups excluding carboxylic acids is 1. The highest BCUT2D eigenvalue weighted by Gasteiger charge is 2.41. The van der Waals surface area contributed by atoms with Crippen LogP contribution in [0.15, 0.2) is 18.3 Å². The Balaban J connectivity index is 1.77. The maximum atomic E-state index is 13.5. The summed E-state index contributed by atoms with van der Waals surface area (Å²) in [6, 6.07) is 2.38. The second kappa shape index (κ2) is 8.86. The average Bonchev–Trinajstić information content (AvgIpc) is 3.33. The van der Waals surface area contributed by atoms with Crippen molar-refractivity contribution >= 4 is 40.9 Å². The number of aromatic nitrogens is 4. The predicted molar refractivity (Wildman–Crippen MR) is 123 cm³/mol. The van der Waals surface area contributed by atoms with Gasteiger partial charge in [0.05, 0.1) is 36.2 Å². The number of H-pyrrole nitrogens is 1. The molecule has 1 amide bonds. The number of methoxy groups -OCH3 is 1. The van der Waals surface area contributed by atoms with E-state index in [2.05, 4.69) is 19.9 Å². The number of aliphatic hydroxyl groups excluding tert-OH is 1. The van der Waals surface area contributed by atoms with Gasteiger partial charge in [0.1, 0.15) is 10.9 Å². The summed E-state index contributed by atoms with van der Waals surface area (Å²) >= 11 is 6.30. The number of halogens is 4. The molecular formula is C22H20ClF3N6O3. The summed E-state index contributed by atoms with van der Waals surface area (Å²) < 4.78 is 44.0. The number of pyridine rings is 1. The van der Waals surface area contributed by atoms with Crippen molar-refractivity contribution in [2.75, 3.05) is 17.7 Å². The Morgan fingerprint density at radius 2 is 2.03 bits per heavy atom. The van der Waals surface area contributed by atoms with Gasteiger partial charge in [-0.15, -0.1) is 0 Å². The number of aromatic amines is 1. The van der Waals surface area contributed by atoms with Crippen molar-refractivity contribution in [3.8, 4) is 5.75 Å². The summed E-state index contributed by atoms with van der Waals surface area (Å²) in [6.07, 6.45) is -4.62. The number of aliphatic hydroxyl groups is 1. The third kappa shape index (κ3) is 4.42. The molecule has 4 rings (SSSR count). The number of hydrogen-bond donors (Lipinski definition) is 3. The van der Waals surface area contributed by atoms with E-state index < -0.39 is 23.9 Å². The SMILES string of the molecule is COc1c(C)cnc(CN2C(=O)/C(=C\c3ccc(C(O)C(F)(F)F)[nH]3)c3c(Cl)nc(N)nc32)c1C. The molecule has 0 spiro atoms. The molecule has 1 unspecified atom stereocenters. The summed E-state index contributed by atoms with van der Waals surface area (Å²) in [5, 5.41) is 9.39. The number of nitrogens with two attached hydrogens (primary N) is 1. The quantitative estimate of drug-likeness (QED) is 0.353. The van der Waals surface area contributed by atoms with Crippen molar-refractivity contribution in [2.24, 2.45) is 0 Å². The standard InChI is InChI=1S/C22H20ClF3N6O3/c1-9-7-28-14(10(2)16(9)35-3)8-32-19-15(18(23)30-21(27)31-19)12(20(32)34)6-11-4-5-13(29-11)17(33)22(24,25)26/h4-7,17,29,33H,8H2,1-3H3,(H2,27,30,31)/b12-6-. The van der Waals surface area contributed by atoms with Crippen LogP contribution < -0.4 is 15.4 Å². The second-order valence-corrected chi connectivity index (χ2v) is 8.24. The Hall–Kier alpha value is -3.64. The normalized spacial score (nSPS) is 15.6. The van der Waals surface area contributed by atoms with Crippen molar-refractivity contribution in [3.05, 3.63) is 57.3 Å². The molecule has 0 aromatic carbocycles. The monoisotopic (exact) mass is 508 g/mol. The fraction of sp³-hybridized carbons (Fsp3) is 0.273. The van der Waals surface area contributed by atoms with Crippen molar-refractivity contribution in [1.29, 1.82) is 0 Å². The smallest absolute Gasteiger partial charge is 0.420 e. The van der Waals surface area contributed by atoms with Crippen molar-refractivity contribution in [2.45, 2.75) is 32.7 Å². The zero-order valence-electron chi connectivity index (χ0n) is 18.7. The van der Waals surface area contributed by atoms with Gasteiger partial charge in [-0.05, 0) is 32.1 Å². The summed E-state index contributed by atoms with van der Waals surface area (Å²) in [6.45, 7) is 3.65. The number of fused-ring (bicyclic) bond motifs is 1. The van der Waals surface area contributed by atoms with E-state index in [1.54, 1.807) is 13.1 Å². The van der Waals surface area contributed by atoms with Gasteiger partial charge in [0, 0.05) is 23.0 Å². The molecular weight excluding hydrogens is 489 g/mol. The molecule has 0 fully saturated rings. The number of anilines is 2. The van der Waals surface area contributed by atoms with Crippen LogP contribution in [0.25, 0.3) is 11.6 Å². The summed E-state index contributed by atoms with van der Waals surface area (Å²) in [5.74, 6) is 0.0751. The Labute approximate surface area is 202 Å². The lowest BCUT2D eigenvalue weighted by molar-refractivity contribution is -0.207. The Morgan fingerprint density at radius 1 is 1.31 bits per heavy atom. The van der Waals surface area contributed by atoms with Gasteiger partial charge in [0.15, 0.2) is 11.9 Å². The van der Waals surface area contributed by atoms with E-state index >= 15 is 0 Å². The first kappa shape index (κ1) is 24.5. The number of aryl methyl sites for hydroxylation is 1. The number of nitrogens with one attached hydrogen (secondary N) is 1. The number of carbonyl (C=O) groups is 1. The summed E-state index contributed by atoms with van der Waals surface area (Å²) in [5.41, 5.74) is 7.72. The lowest BCUT2D eigenvalue weighted by Crippen LogP contribution is -2.27. The average molecular weight is 509 g/mol. The Kier molecular flexibility index (Phi) is 6.20. The minimum absolute atomic E-state index is 0.00118. The van der Waals surface area contributed by atoms with E-state index in [1.165, 1.54) is 24.2 Å². The Morgan fingerprint density at radius 3 is 2.69 bits per heavy atom. The highest BCUT2D eigenvalue weighted by molar-refractivity contribution is 6.41. The maximum absolute atomic E-state index is 13.5. The van der Waals surface area contributed by atoms with Crippen LogP contribution in [-0.4, -0.2) is 44.2 Å². The van der Waals surface area contributed by atoms with E-state index in [-0.39, 0.29) is 40.3 Å². The third-order valence-electron chi connectivity index (χ3n) is 5.56. The van der Waals surface area contributed by atoms with Gasteiger partial charge >= 0.3 is 6.18 Å². The number of hydrogen-bond acceptors (Lipinski definition) is 7. The zero-order chi connectivity index (χ0) is 25.7. The van der Waals surface area contributed by atoms with Crippen molar-refractivity contribution in [1.82, 2.24) is 19.9 Å². The van der Waals surface area contributed by atoms with Crippen LogP contribution in [0.2, 0.25) is 5.15 Å². The molecule has 1 aliphatic heterocycles. The third-order valence-corrected chi connectivity index (χ3v) is 5.83. The fourth-order valence-corrected chi connectivity index (χ4v) is 4.15. The van der Waals surface area contributed by atoms with Gasteiger partial charge in [0.25, 0.3) is 5.91 Å². The first-order valence-electron chi connectivity index (χ1n) is 10.2. The largest absolute Gasteiger partial charge is 0.496 e. The van der Waals surface area contributed by atoms with Gasteiger partial charge < -0.3 is 20.6 Å². The molecule has 3 aromatic rings. The molecule has 0 saturated heterocycles. The van der Waals surface area contributed by atoms with E-state index in [1.807, 2.05) is 6.92 Å². The van der Waals surface area contributed by atoms with E-state index in [4.69, 9.17) is 22.1 Å². The maximum Gasteiger partial charge on any atom is 0.420 e. The fourth-order valence-electron chi connectivity index (χ4n) is 3.88. The molecule has 4 N–H and O–H groups in total. The predicted octanol–water partition coefficient (Wildman–Crippen LogP) is 3.74. The van der Waals surface area contributed by atoms with Gasteiger partial charge in [-0.25, -0.2) is 4.98 Å². The second-order valence-electron chi connectivity index (χ2n) is 7.88. The highest BCUT2D eigenvalue weighted by atomic mass is 35.5. The minimum atomic E-state index is -4.85. The molecule has 1 atom stereocenters. The van der Waals surface area contributed by atoms with Crippen LogP contribution in [0.1, 0.15) is 39.9 Å². The van der Waals surface area contributed by atoms with Crippen LogP contribution in [0, 0.1) is 13.8 Å². The number of amides is 1. The van der Waals surface area contributed by atoms with Crippen molar-refractivity contribution in [3.63, 3.8) is 0 Å². The molecule has 13 heteroatoms. The molecule has 9 nitrogen and oxygen atoms in total. The summed E-state index contributed by atoms with van der Waals surface area (Å²) in [4.78, 5) is 29.7. The van der Waals surface area contributed by atoms with Crippen LogP contribution in [0.3, 0.4) is 0 Å². The molecule has 35 heavy (non-hydrogen) atoms.